The molecule has 1 aliphatic rings. The molecular weight excluding hydrogens is 304 g/mol. The van der Waals surface area contributed by atoms with E-state index in [1.54, 1.807) is 13.3 Å². The number of nitrogens with zero attached hydrogens (tertiary/aromatic N) is 4. The minimum atomic E-state index is -3.11. The minimum absolute atomic E-state index is 0.197. The third kappa shape index (κ3) is 2.86. The zero-order valence-electron chi connectivity index (χ0n) is 12.8. The number of imidazole rings is 1. The lowest BCUT2D eigenvalue weighted by Crippen LogP contribution is -2.38. The van der Waals surface area contributed by atoms with Gasteiger partial charge in [0.25, 0.3) is 0 Å². The summed E-state index contributed by atoms with van der Waals surface area (Å²) < 4.78 is 32.2. The van der Waals surface area contributed by atoms with Gasteiger partial charge in [-0.2, -0.15) is 0 Å². The Labute approximate surface area is 130 Å². The van der Waals surface area contributed by atoms with Gasteiger partial charge in [-0.25, -0.2) is 22.7 Å². The molecule has 0 unspecified atom stereocenters. The number of hydrogen-bond acceptors (Lipinski definition) is 5. The largest absolute Gasteiger partial charge is 0.377 e. The highest BCUT2D eigenvalue weighted by Crippen LogP contribution is 2.28. The maximum absolute atomic E-state index is 11.6. The maximum atomic E-state index is 11.6. The van der Waals surface area contributed by atoms with E-state index in [0.717, 1.165) is 29.8 Å². The van der Waals surface area contributed by atoms with E-state index in [2.05, 4.69) is 14.5 Å². The Kier molecular flexibility index (Phi) is 4.16. The Bertz CT molecular complexity index is 763. The van der Waals surface area contributed by atoms with Gasteiger partial charge in [0.2, 0.25) is 10.0 Å². The SMILES string of the molecule is COCc1nc2cccnc2n1C1CCN(S(C)(=O)=O)CC1. The minimum Gasteiger partial charge on any atom is -0.377 e. The summed E-state index contributed by atoms with van der Waals surface area (Å²) in [5, 5.41) is 0. The average molecular weight is 324 g/mol. The van der Waals surface area contributed by atoms with Gasteiger partial charge in [0.15, 0.2) is 5.65 Å². The molecule has 0 saturated carbocycles. The second-order valence-corrected chi connectivity index (χ2v) is 7.55. The monoisotopic (exact) mass is 324 g/mol. The first-order valence-corrected chi connectivity index (χ1v) is 9.11. The number of rotatable bonds is 4. The fourth-order valence-electron chi connectivity index (χ4n) is 3.02. The maximum Gasteiger partial charge on any atom is 0.211 e. The van der Waals surface area contributed by atoms with Crippen molar-refractivity contribution in [3.8, 4) is 0 Å². The van der Waals surface area contributed by atoms with Crippen LogP contribution in [0, 0.1) is 0 Å². The average Bonchev–Trinajstić information content (AvgIpc) is 2.85. The lowest BCUT2D eigenvalue weighted by Gasteiger charge is -2.31. The van der Waals surface area contributed by atoms with Crippen LogP contribution in [-0.2, 0) is 21.4 Å². The molecule has 0 spiro atoms. The zero-order chi connectivity index (χ0) is 15.7. The number of sulfonamides is 1. The molecule has 0 amide bonds. The number of aromatic nitrogens is 3. The molecule has 0 N–H and O–H groups in total. The van der Waals surface area contributed by atoms with Crippen molar-refractivity contribution in [2.45, 2.75) is 25.5 Å². The first-order chi connectivity index (χ1) is 10.5. The van der Waals surface area contributed by atoms with Crippen molar-refractivity contribution in [1.29, 1.82) is 0 Å². The van der Waals surface area contributed by atoms with E-state index >= 15 is 0 Å². The van der Waals surface area contributed by atoms with Gasteiger partial charge in [0, 0.05) is 32.4 Å². The summed E-state index contributed by atoms with van der Waals surface area (Å²) in [7, 11) is -1.47. The molecule has 1 saturated heterocycles. The van der Waals surface area contributed by atoms with Gasteiger partial charge in [0.1, 0.15) is 17.9 Å². The van der Waals surface area contributed by atoms with E-state index < -0.39 is 10.0 Å². The van der Waals surface area contributed by atoms with E-state index in [1.165, 1.54) is 10.6 Å². The molecule has 7 nitrogen and oxygen atoms in total. The summed E-state index contributed by atoms with van der Waals surface area (Å²) in [6, 6.07) is 4.00. The fraction of sp³-hybridized carbons (Fsp3) is 0.571. The number of fused-ring (bicyclic) bond motifs is 1. The Morgan fingerprint density at radius 1 is 1.36 bits per heavy atom. The first kappa shape index (κ1) is 15.4. The van der Waals surface area contributed by atoms with E-state index in [9.17, 15) is 8.42 Å². The predicted molar refractivity (Wildman–Crippen MR) is 82.9 cm³/mol. The highest BCUT2D eigenvalue weighted by atomic mass is 32.2. The standard InChI is InChI=1S/C14H20N4O3S/c1-21-10-13-16-12-4-3-7-15-14(12)18(13)11-5-8-17(9-6-11)22(2,19)20/h3-4,7,11H,5-6,8-10H2,1-2H3. The van der Waals surface area contributed by atoms with Gasteiger partial charge in [-0.05, 0) is 25.0 Å². The number of piperidine rings is 1. The first-order valence-electron chi connectivity index (χ1n) is 7.26. The molecule has 8 heteroatoms. The van der Waals surface area contributed by atoms with Crippen LogP contribution in [0.1, 0.15) is 24.7 Å². The molecule has 22 heavy (non-hydrogen) atoms. The van der Waals surface area contributed by atoms with Crippen LogP contribution in [0.25, 0.3) is 11.2 Å². The number of methoxy groups -OCH3 is 1. The Balaban J connectivity index is 1.92. The molecule has 120 valence electrons. The van der Waals surface area contributed by atoms with Crippen molar-refractivity contribution in [2.75, 3.05) is 26.5 Å². The van der Waals surface area contributed by atoms with Crippen LogP contribution >= 0.6 is 0 Å². The number of pyridine rings is 1. The lowest BCUT2D eigenvalue weighted by molar-refractivity contribution is 0.168. The van der Waals surface area contributed by atoms with Crippen molar-refractivity contribution in [1.82, 2.24) is 18.8 Å². The molecule has 0 aromatic carbocycles. The summed E-state index contributed by atoms with van der Waals surface area (Å²) in [5.41, 5.74) is 1.69. The molecule has 0 radical (unpaired) electrons. The van der Waals surface area contributed by atoms with Crippen LogP contribution in [0.3, 0.4) is 0 Å². The summed E-state index contributed by atoms with van der Waals surface area (Å²) in [6.07, 6.45) is 4.53. The molecule has 0 aliphatic carbocycles. The van der Waals surface area contributed by atoms with Crippen LogP contribution in [0.2, 0.25) is 0 Å². The van der Waals surface area contributed by atoms with Crippen LogP contribution in [-0.4, -0.2) is 53.7 Å². The molecule has 3 heterocycles. The van der Waals surface area contributed by atoms with Crippen LogP contribution < -0.4 is 0 Å². The van der Waals surface area contributed by atoms with Gasteiger partial charge >= 0.3 is 0 Å². The van der Waals surface area contributed by atoms with E-state index in [1.807, 2.05) is 12.1 Å². The highest BCUT2D eigenvalue weighted by Gasteiger charge is 2.28. The number of hydrogen-bond donors (Lipinski definition) is 0. The molecular formula is C14H20N4O3S. The van der Waals surface area contributed by atoms with E-state index in [-0.39, 0.29) is 6.04 Å². The fourth-order valence-corrected chi connectivity index (χ4v) is 3.90. The summed E-state index contributed by atoms with van der Waals surface area (Å²) in [4.78, 5) is 9.03. The smallest absolute Gasteiger partial charge is 0.211 e. The summed E-state index contributed by atoms with van der Waals surface area (Å²) in [6.45, 7) is 1.48. The lowest BCUT2D eigenvalue weighted by atomic mass is 10.1. The van der Waals surface area contributed by atoms with Crippen molar-refractivity contribution >= 4 is 21.2 Å². The van der Waals surface area contributed by atoms with E-state index in [4.69, 9.17) is 4.74 Å². The molecule has 2 aromatic rings. The van der Waals surface area contributed by atoms with Gasteiger partial charge in [0.05, 0.1) is 6.26 Å². The summed E-state index contributed by atoms with van der Waals surface area (Å²) >= 11 is 0. The zero-order valence-corrected chi connectivity index (χ0v) is 13.6. The van der Waals surface area contributed by atoms with E-state index in [0.29, 0.717) is 19.7 Å². The van der Waals surface area contributed by atoms with Gasteiger partial charge in [-0.1, -0.05) is 0 Å². The van der Waals surface area contributed by atoms with Gasteiger partial charge in [-0.15, -0.1) is 0 Å². The third-order valence-electron chi connectivity index (χ3n) is 4.05. The van der Waals surface area contributed by atoms with Crippen LogP contribution in [0.15, 0.2) is 18.3 Å². The Morgan fingerprint density at radius 3 is 2.73 bits per heavy atom. The van der Waals surface area contributed by atoms with Crippen molar-refractivity contribution in [3.05, 3.63) is 24.2 Å². The van der Waals surface area contributed by atoms with Crippen molar-refractivity contribution < 1.29 is 13.2 Å². The summed E-state index contributed by atoms with van der Waals surface area (Å²) in [5.74, 6) is 0.842. The van der Waals surface area contributed by atoms with Crippen LogP contribution in [0.5, 0.6) is 0 Å². The van der Waals surface area contributed by atoms with Crippen molar-refractivity contribution in [2.24, 2.45) is 0 Å². The molecule has 3 rings (SSSR count). The normalized spacial score (nSPS) is 18.1. The molecule has 2 aromatic heterocycles. The highest BCUT2D eigenvalue weighted by molar-refractivity contribution is 7.88. The molecule has 1 fully saturated rings. The number of ether oxygens (including phenoxy) is 1. The Morgan fingerprint density at radius 2 is 2.09 bits per heavy atom. The van der Waals surface area contributed by atoms with Gasteiger partial charge in [-0.3, -0.25) is 0 Å². The van der Waals surface area contributed by atoms with Crippen LogP contribution in [0.4, 0.5) is 0 Å². The van der Waals surface area contributed by atoms with Crippen molar-refractivity contribution in [3.63, 3.8) is 0 Å². The third-order valence-corrected chi connectivity index (χ3v) is 5.36. The topological polar surface area (TPSA) is 77.3 Å². The predicted octanol–water partition coefficient (Wildman–Crippen LogP) is 1.17. The Hall–Kier alpha value is -1.51. The molecule has 0 atom stereocenters. The molecule has 0 bridgehead atoms. The second kappa shape index (κ2) is 5.94. The van der Waals surface area contributed by atoms with Gasteiger partial charge < -0.3 is 9.30 Å². The second-order valence-electron chi connectivity index (χ2n) is 5.57. The quantitative estimate of drug-likeness (QED) is 0.844. The molecule has 1 aliphatic heterocycles.